The monoisotopic (exact) mass is 284 g/mol. The Balaban J connectivity index is 2.66. The molecule has 0 saturated carbocycles. The summed E-state index contributed by atoms with van der Waals surface area (Å²) in [7, 11) is 0. The molecule has 108 valence electrons. The quantitative estimate of drug-likeness (QED) is 0.702. The van der Waals surface area contributed by atoms with E-state index < -0.39 is 5.97 Å². The topological polar surface area (TPSA) is 53.4 Å². The van der Waals surface area contributed by atoms with Crippen molar-refractivity contribution in [1.82, 2.24) is 4.98 Å². The molecule has 0 bridgehead atoms. The Bertz CT molecular complexity index is 391. The number of hydrogen-bond acceptors (Lipinski definition) is 4. The van der Waals surface area contributed by atoms with E-state index in [0.29, 0.717) is 12.5 Å². The summed E-state index contributed by atoms with van der Waals surface area (Å²) in [5, 5.41) is 11.9. The van der Waals surface area contributed by atoms with Gasteiger partial charge in [-0.05, 0) is 12.3 Å². The van der Waals surface area contributed by atoms with Crippen LogP contribution in [0.25, 0.3) is 0 Å². The molecule has 0 spiro atoms. The first-order valence-corrected chi connectivity index (χ1v) is 7.84. The standard InChI is InChI=1S/C14H24N2O2S/c1-4-5-6-8-16(9-7-13(17)18)14-15-12(10-19-14)11(2)3/h10-11H,4-9H2,1-3H3,(H,17,18). The van der Waals surface area contributed by atoms with Gasteiger partial charge < -0.3 is 10.0 Å². The second-order valence-corrected chi connectivity index (χ2v) is 5.88. The van der Waals surface area contributed by atoms with Gasteiger partial charge in [0.15, 0.2) is 5.13 Å². The number of carboxylic acids is 1. The number of aliphatic carboxylic acids is 1. The molecule has 0 fully saturated rings. The minimum absolute atomic E-state index is 0.169. The van der Waals surface area contributed by atoms with Crippen molar-refractivity contribution in [3.05, 3.63) is 11.1 Å². The number of rotatable bonds is 9. The molecule has 0 amide bonds. The Labute approximate surface area is 119 Å². The summed E-state index contributed by atoms with van der Waals surface area (Å²) >= 11 is 1.62. The molecular weight excluding hydrogens is 260 g/mol. The smallest absolute Gasteiger partial charge is 0.305 e. The summed E-state index contributed by atoms with van der Waals surface area (Å²) in [6.07, 6.45) is 3.60. The highest BCUT2D eigenvalue weighted by Crippen LogP contribution is 2.25. The number of carbonyl (C=O) groups is 1. The zero-order valence-corrected chi connectivity index (χ0v) is 12.9. The Morgan fingerprint density at radius 1 is 1.42 bits per heavy atom. The third kappa shape index (κ3) is 5.59. The molecule has 0 aliphatic rings. The molecule has 1 rings (SSSR count). The number of anilines is 1. The minimum atomic E-state index is -0.749. The lowest BCUT2D eigenvalue weighted by Crippen LogP contribution is -2.27. The molecule has 1 N–H and O–H groups in total. The first-order valence-electron chi connectivity index (χ1n) is 6.96. The molecule has 0 unspecified atom stereocenters. The lowest BCUT2D eigenvalue weighted by atomic mass is 10.2. The van der Waals surface area contributed by atoms with Gasteiger partial charge in [-0.3, -0.25) is 4.79 Å². The Morgan fingerprint density at radius 2 is 2.16 bits per heavy atom. The van der Waals surface area contributed by atoms with E-state index in [0.717, 1.165) is 23.8 Å². The molecule has 19 heavy (non-hydrogen) atoms. The van der Waals surface area contributed by atoms with E-state index in [4.69, 9.17) is 5.11 Å². The average Bonchev–Trinajstić information content (AvgIpc) is 2.82. The van der Waals surface area contributed by atoms with Gasteiger partial charge in [0.1, 0.15) is 0 Å². The van der Waals surface area contributed by atoms with Crippen LogP contribution in [-0.2, 0) is 4.79 Å². The van der Waals surface area contributed by atoms with Crippen molar-refractivity contribution >= 4 is 22.4 Å². The normalized spacial score (nSPS) is 10.9. The first kappa shape index (κ1) is 16.0. The molecule has 1 heterocycles. The van der Waals surface area contributed by atoms with Crippen LogP contribution >= 0.6 is 11.3 Å². The highest BCUT2D eigenvalue weighted by atomic mass is 32.1. The second kappa shape index (κ2) is 8.15. The largest absolute Gasteiger partial charge is 0.481 e. The van der Waals surface area contributed by atoms with E-state index in [2.05, 4.69) is 36.0 Å². The predicted octanol–water partition coefficient (Wildman–Crippen LogP) is 3.74. The Kier molecular flexibility index (Phi) is 6.84. The molecule has 0 radical (unpaired) electrons. The molecule has 0 saturated heterocycles. The molecule has 0 aromatic carbocycles. The molecular formula is C14H24N2O2S. The maximum atomic E-state index is 10.7. The van der Waals surface area contributed by atoms with Gasteiger partial charge in [-0.15, -0.1) is 11.3 Å². The summed E-state index contributed by atoms with van der Waals surface area (Å²) in [6.45, 7) is 7.85. The summed E-state index contributed by atoms with van der Waals surface area (Å²) in [4.78, 5) is 17.5. The van der Waals surface area contributed by atoms with Crippen molar-refractivity contribution < 1.29 is 9.90 Å². The van der Waals surface area contributed by atoms with E-state index in [1.807, 2.05) is 0 Å². The van der Waals surface area contributed by atoms with Crippen molar-refractivity contribution in [3.8, 4) is 0 Å². The van der Waals surface area contributed by atoms with Gasteiger partial charge in [0.05, 0.1) is 12.1 Å². The fraction of sp³-hybridized carbons (Fsp3) is 0.714. The SMILES string of the molecule is CCCCCN(CCC(=O)O)c1nc(C(C)C)cs1. The van der Waals surface area contributed by atoms with Gasteiger partial charge in [-0.25, -0.2) is 4.98 Å². The second-order valence-electron chi connectivity index (χ2n) is 5.05. The molecule has 1 aromatic heterocycles. The lowest BCUT2D eigenvalue weighted by molar-refractivity contribution is -0.136. The lowest BCUT2D eigenvalue weighted by Gasteiger charge is -2.20. The first-order chi connectivity index (χ1) is 9.04. The van der Waals surface area contributed by atoms with E-state index in [9.17, 15) is 4.79 Å². The van der Waals surface area contributed by atoms with Crippen LogP contribution in [0.5, 0.6) is 0 Å². The van der Waals surface area contributed by atoms with E-state index >= 15 is 0 Å². The van der Waals surface area contributed by atoms with Crippen molar-refractivity contribution in [2.24, 2.45) is 0 Å². The zero-order chi connectivity index (χ0) is 14.3. The Morgan fingerprint density at radius 3 is 2.68 bits per heavy atom. The summed E-state index contributed by atoms with van der Waals surface area (Å²) in [5.74, 6) is -0.330. The number of thiazole rings is 1. The number of carboxylic acid groups (broad SMARTS) is 1. The van der Waals surface area contributed by atoms with Crippen molar-refractivity contribution in [1.29, 1.82) is 0 Å². The third-order valence-corrected chi connectivity index (χ3v) is 3.92. The molecule has 0 atom stereocenters. The maximum Gasteiger partial charge on any atom is 0.305 e. The van der Waals surface area contributed by atoms with Crippen molar-refractivity contribution in [2.45, 2.75) is 52.4 Å². The highest BCUT2D eigenvalue weighted by molar-refractivity contribution is 7.13. The fourth-order valence-electron chi connectivity index (χ4n) is 1.77. The van der Waals surface area contributed by atoms with Gasteiger partial charge >= 0.3 is 5.97 Å². The summed E-state index contributed by atoms with van der Waals surface area (Å²) in [5.41, 5.74) is 1.09. The molecule has 4 nitrogen and oxygen atoms in total. The van der Waals surface area contributed by atoms with E-state index in [1.165, 1.54) is 12.8 Å². The van der Waals surface area contributed by atoms with Crippen molar-refractivity contribution in [3.63, 3.8) is 0 Å². The van der Waals surface area contributed by atoms with E-state index in [-0.39, 0.29) is 6.42 Å². The molecule has 0 aliphatic heterocycles. The third-order valence-electron chi connectivity index (χ3n) is 3.00. The number of unbranched alkanes of at least 4 members (excludes halogenated alkanes) is 2. The fourth-order valence-corrected chi connectivity index (χ4v) is 2.81. The number of hydrogen-bond donors (Lipinski definition) is 1. The Hall–Kier alpha value is -1.10. The minimum Gasteiger partial charge on any atom is -0.481 e. The van der Waals surface area contributed by atoms with Crippen LogP contribution in [0.1, 0.15) is 58.1 Å². The van der Waals surface area contributed by atoms with Crippen LogP contribution in [0.2, 0.25) is 0 Å². The zero-order valence-electron chi connectivity index (χ0n) is 12.1. The van der Waals surface area contributed by atoms with Crippen LogP contribution in [0.15, 0.2) is 5.38 Å². The van der Waals surface area contributed by atoms with Crippen LogP contribution in [-0.4, -0.2) is 29.1 Å². The van der Waals surface area contributed by atoms with Crippen LogP contribution in [0.3, 0.4) is 0 Å². The van der Waals surface area contributed by atoms with Crippen molar-refractivity contribution in [2.75, 3.05) is 18.0 Å². The van der Waals surface area contributed by atoms with Crippen LogP contribution in [0.4, 0.5) is 5.13 Å². The van der Waals surface area contributed by atoms with Gasteiger partial charge in [-0.2, -0.15) is 0 Å². The molecule has 5 heteroatoms. The summed E-state index contributed by atoms with van der Waals surface area (Å²) in [6, 6.07) is 0. The molecule has 0 aliphatic carbocycles. The predicted molar refractivity (Wildman–Crippen MR) is 80.2 cm³/mol. The molecule has 1 aromatic rings. The highest BCUT2D eigenvalue weighted by Gasteiger charge is 2.13. The van der Waals surface area contributed by atoms with Crippen LogP contribution in [0, 0.1) is 0 Å². The van der Waals surface area contributed by atoms with Gasteiger partial charge in [0, 0.05) is 18.5 Å². The van der Waals surface area contributed by atoms with Gasteiger partial charge in [0.2, 0.25) is 0 Å². The van der Waals surface area contributed by atoms with Crippen LogP contribution < -0.4 is 4.90 Å². The maximum absolute atomic E-state index is 10.7. The summed E-state index contributed by atoms with van der Waals surface area (Å²) < 4.78 is 0. The van der Waals surface area contributed by atoms with Gasteiger partial charge in [0.25, 0.3) is 0 Å². The van der Waals surface area contributed by atoms with Gasteiger partial charge in [-0.1, -0.05) is 33.6 Å². The van der Waals surface area contributed by atoms with E-state index in [1.54, 1.807) is 11.3 Å². The average molecular weight is 284 g/mol. The number of nitrogens with zero attached hydrogens (tertiary/aromatic N) is 2. The number of aromatic nitrogens is 1.